The van der Waals surface area contributed by atoms with Crippen LogP contribution in [0.3, 0.4) is 0 Å². The molecule has 0 spiro atoms. The predicted molar refractivity (Wildman–Crippen MR) is 105 cm³/mol. The summed E-state index contributed by atoms with van der Waals surface area (Å²) in [6, 6.07) is 9.49. The summed E-state index contributed by atoms with van der Waals surface area (Å²) < 4.78 is 0. The number of carbonyl (C=O) groups is 4. The van der Waals surface area contributed by atoms with E-state index in [9.17, 15) is 24.3 Å². The lowest BCUT2D eigenvalue weighted by Gasteiger charge is -2.32. The lowest BCUT2D eigenvalue weighted by Crippen LogP contribution is -2.54. The number of amides is 3. The SMILES string of the molecule is O=C(O)C(=O)N1CC[C@H](N(Cc2cccs2)C(=O)Nc2ccccc2)[C@H]1C(=O)O. The number of carboxylic acid groups (broad SMARTS) is 2. The van der Waals surface area contributed by atoms with E-state index in [4.69, 9.17) is 5.11 Å². The Morgan fingerprint density at radius 2 is 1.83 bits per heavy atom. The van der Waals surface area contributed by atoms with Gasteiger partial charge in [0.1, 0.15) is 0 Å². The molecule has 3 N–H and O–H groups in total. The fourth-order valence-electron chi connectivity index (χ4n) is 3.38. The molecule has 0 unspecified atom stereocenters. The number of hydrogen-bond acceptors (Lipinski definition) is 5. The molecule has 3 rings (SSSR count). The number of thiophene rings is 1. The summed E-state index contributed by atoms with van der Waals surface area (Å²) >= 11 is 1.41. The molecule has 1 aliphatic heterocycles. The number of nitrogens with one attached hydrogen (secondary N) is 1. The molecule has 0 radical (unpaired) electrons. The Morgan fingerprint density at radius 1 is 1.10 bits per heavy atom. The summed E-state index contributed by atoms with van der Waals surface area (Å²) in [5.74, 6) is -4.37. The molecule has 0 saturated carbocycles. The fourth-order valence-corrected chi connectivity index (χ4v) is 4.08. The smallest absolute Gasteiger partial charge is 0.394 e. The summed E-state index contributed by atoms with van der Waals surface area (Å²) in [6.45, 7) is 0.0756. The molecule has 0 bridgehead atoms. The highest BCUT2D eigenvalue weighted by Gasteiger charge is 2.47. The van der Waals surface area contributed by atoms with Crippen molar-refractivity contribution in [2.45, 2.75) is 25.0 Å². The van der Waals surface area contributed by atoms with Crippen LogP contribution in [0.4, 0.5) is 10.5 Å². The standard InChI is InChI=1S/C19H19N3O6S/c23-16(18(26)27)21-9-8-14(15(21)17(24)25)22(11-13-7-4-10-29-13)19(28)20-12-5-2-1-3-6-12/h1-7,10,14-15H,8-9,11H2,(H,20,28)(H,24,25)(H,26,27)/t14-,15-/m0/s1. The van der Waals surface area contributed by atoms with Crippen LogP contribution in [0.5, 0.6) is 0 Å². The van der Waals surface area contributed by atoms with Gasteiger partial charge in [-0.15, -0.1) is 11.3 Å². The van der Waals surface area contributed by atoms with E-state index in [1.807, 2.05) is 17.5 Å². The Bertz CT molecular complexity index is 902. The van der Waals surface area contributed by atoms with Gasteiger partial charge in [0.15, 0.2) is 6.04 Å². The van der Waals surface area contributed by atoms with Gasteiger partial charge < -0.3 is 25.3 Å². The van der Waals surface area contributed by atoms with E-state index in [1.54, 1.807) is 30.3 Å². The van der Waals surface area contributed by atoms with E-state index >= 15 is 0 Å². The minimum atomic E-state index is -1.73. The van der Waals surface area contributed by atoms with Gasteiger partial charge in [-0.3, -0.25) is 4.79 Å². The molecule has 1 aromatic carbocycles. The van der Waals surface area contributed by atoms with Gasteiger partial charge in [0.25, 0.3) is 0 Å². The van der Waals surface area contributed by atoms with Crippen LogP contribution in [0.15, 0.2) is 47.8 Å². The lowest BCUT2D eigenvalue weighted by molar-refractivity contribution is -0.160. The second-order valence-corrected chi connectivity index (χ2v) is 7.48. The molecule has 0 aliphatic carbocycles. The zero-order valence-electron chi connectivity index (χ0n) is 15.2. The first-order chi connectivity index (χ1) is 13.9. The fraction of sp³-hybridized carbons (Fsp3) is 0.263. The number of hydrogen-bond donors (Lipinski definition) is 3. The van der Waals surface area contributed by atoms with Crippen molar-refractivity contribution in [2.75, 3.05) is 11.9 Å². The summed E-state index contributed by atoms with van der Waals surface area (Å²) in [5, 5.41) is 23.3. The van der Waals surface area contributed by atoms with Crippen molar-refractivity contribution < 1.29 is 29.4 Å². The molecule has 2 aromatic rings. The molecule has 1 aliphatic rings. The van der Waals surface area contributed by atoms with Gasteiger partial charge in [0, 0.05) is 17.1 Å². The van der Waals surface area contributed by atoms with Crippen LogP contribution >= 0.6 is 11.3 Å². The van der Waals surface area contributed by atoms with Crippen molar-refractivity contribution in [3.8, 4) is 0 Å². The zero-order valence-corrected chi connectivity index (χ0v) is 16.0. The maximum atomic E-state index is 13.0. The zero-order chi connectivity index (χ0) is 21.0. The van der Waals surface area contributed by atoms with E-state index in [1.165, 1.54) is 16.2 Å². The molecule has 2 heterocycles. The lowest BCUT2D eigenvalue weighted by atomic mass is 10.1. The molecule has 9 nitrogen and oxygen atoms in total. The Balaban J connectivity index is 1.89. The van der Waals surface area contributed by atoms with Crippen LogP contribution in [0.2, 0.25) is 0 Å². The number of urea groups is 1. The number of anilines is 1. The maximum Gasteiger partial charge on any atom is 0.394 e. The quantitative estimate of drug-likeness (QED) is 0.638. The number of likely N-dealkylation sites (tertiary alicyclic amines) is 1. The highest BCUT2D eigenvalue weighted by molar-refractivity contribution is 7.09. The molecule has 1 aromatic heterocycles. The molecule has 1 saturated heterocycles. The molecule has 1 fully saturated rings. The van der Waals surface area contributed by atoms with Gasteiger partial charge >= 0.3 is 23.9 Å². The number of carboxylic acids is 2. The summed E-state index contributed by atoms with van der Waals surface area (Å²) in [7, 11) is 0. The number of nitrogens with zero attached hydrogens (tertiary/aromatic N) is 2. The van der Waals surface area contributed by atoms with E-state index in [0.29, 0.717) is 5.69 Å². The molecular weight excluding hydrogens is 398 g/mol. The Labute approximate surface area is 170 Å². The van der Waals surface area contributed by atoms with Crippen molar-refractivity contribution in [1.29, 1.82) is 0 Å². The third-order valence-electron chi connectivity index (χ3n) is 4.66. The third kappa shape index (κ3) is 4.54. The molecule has 3 amide bonds. The number of benzene rings is 1. The van der Waals surface area contributed by atoms with Crippen LogP contribution in [0, 0.1) is 0 Å². The van der Waals surface area contributed by atoms with Crippen LogP contribution in [-0.2, 0) is 20.9 Å². The Kier molecular flexibility index (Phi) is 6.13. The summed E-state index contributed by atoms with van der Waals surface area (Å²) in [5.41, 5.74) is 0.539. The second kappa shape index (κ2) is 8.74. The van der Waals surface area contributed by atoms with Crippen molar-refractivity contribution >= 4 is 40.9 Å². The van der Waals surface area contributed by atoms with Crippen LogP contribution in [-0.4, -0.2) is 62.5 Å². The topological polar surface area (TPSA) is 127 Å². The molecule has 152 valence electrons. The first kappa shape index (κ1) is 20.3. The first-order valence-corrected chi connectivity index (χ1v) is 9.68. The van der Waals surface area contributed by atoms with E-state index < -0.39 is 36.0 Å². The van der Waals surface area contributed by atoms with E-state index in [2.05, 4.69) is 5.32 Å². The molecule has 10 heteroatoms. The average Bonchev–Trinajstić information content (AvgIpc) is 3.35. The van der Waals surface area contributed by atoms with Crippen LogP contribution < -0.4 is 5.32 Å². The third-order valence-corrected chi connectivity index (χ3v) is 5.52. The van der Waals surface area contributed by atoms with Crippen molar-refractivity contribution in [1.82, 2.24) is 9.80 Å². The monoisotopic (exact) mass is 417 g/mol. The van der Waals surface area contributed by atoms with E-state index in [-0.39, 0.29) is 19.5 Å². The molecular formula is C19H19N3O6S. The summed E-state index contributed by atoms with van der Waals surface area (Å²) in [4.78, 5) is 50.9. The molecule has 29 heavy (non-hydrogen) atoms. The van der Waals surface area contributed by atoms with Crippen molar-refractivity contribution in [3.05, 3.63) is 52.7 Å². The van der Waals surface area contributed by atoms with Gasteiger partial charge in [-0.2, -0.15) is 0 Å². The Morgan fingerprint density at radius 3 is 2.41 bits per heavy atom. The van der Waals surface area contributed by atoms with Gasteiger partial charge in [0.2, 0.25) is 0 Å². The Hall–Kier alpha value is -3.40. The first-order valence-electron chi connectivity index (χ1n) is 8.80. The second-order valence-electron chi connectivity index (χ2n) is 6.45. The average molecular weight is 417 g/mol. The number of aliphatic carboxylic acids is 2. The minimum absolute atomic E-state index is 0.0632. The van der Waals surface area contributed by atoms with Crippen molar-refractivity contribution in [2.24, 2.45) is 0 Å². The largest absolute Gasteiger partial charge is 0.480 e. The highest BCUT2D eigenvalue weighted by Crippen LogP contribution is 2.27. The van der Waals surface area contributed by atoms with Gasteiger partial charge in [-0.1, -0.05) is 24.3 Å². The normalized spacial score (nSPS) is 18.3. The predicted octanol–water partition coefficient (Wildman–Crippen LogP) is 1.92. The van der Waals surface area contributed by atoms with Crippen LogP contribution in [0.25, 0.3) is 0 Å². The molecule has 2 atom stereocenters. The van der Waals surface area contributed by atoms with Gasteiger partial charge in [-0.25, -0.2) is 14.4 Å². The van der Waals surface area contributed by atoms with Crippen molar-refractivity contribution in [3.63, 3.8) is 0 Å². The number of para-hydroxylation sites is 1. The van der Waals surface area contributed by atoms with Gasteiger partial charge in [0.05, 0.1) is 12.6 Å². The maximum absolute atomic E-state index is 13.0. The summed E-state index contributed by atoms with van der Waals surface area (Å²) in [6.07, 6.45) is 0.156. The number of carbonyl (C=O) groups excluding carboxylic acids is 2. The van der Waals surface area contributed by atoms with Gasteiger partial charge in [-0.05, 0) is 30.0 Å². The highest BCUT2D eigenvalue weighted by atomic mass is 32.1. The van der Waals surface area contributed by atoms with Crippen LogP contribution in [0.1, 0.15) is 11.3 Å². The number of rotatable bonds is 5. The van der Waals surface area contributed by atoms with E-state index in [0.717, 1.165) is 9.78 Å². The minimum Gasteiger partial charge on any atom is -0.480 e.